The molecule has 6 heteroatoms. The van der Waals surface area contributed by atoms with Gasteiger partial charge in [-0.3, -0.25) is 9.59 Å². The van der Waals surface area contributed by atoms with Crippen LogP contribution in [0.5, 0.6) is 0 Å². The second-order valence-electron chi connectivity index (χ2n) is 25.3. The van der Waals surface area contributed by atoms with Gasteiger partial charge in [-0.2, -0.15) is 0 Å². The summed E-state index contributed by atoms with van der Waals surface area (Å²) in [6.45, 7) is 4.96. The van der Waals surface area contributed by atoms with Crippen LogP contribution >= 0.6 is 0 Å². The van der Waals surface area contributed by atoms with Gasteiger partial charge in [0.15, 0.2) is 0 Å². The summed E-state index contributed by atoms with van der Waals surface area (Å²) < 4.78 is 5.50. The number of aliphatic hydroxyl groups is 2. The zero-order valence-corrected chi connectivity index (χ0v) is 53.9. The molecule has 79 heavy (non-hydrogen) atoms. The predicted molar refractivity (Wildman–Crippen MR) is 347 cm³/mol. The number of allylic oxidation sites excluding steroid dienone is 1. The van der Waals surface area contributed by atoms with Gasteiger partial charge >= 0.3 is 5.97 Å². The molecule has 2 atom stereocenters. The van der Waals surface area contributed by atoms with Crippen LogP contribution in [0.15, 0.2) is 12.2 Å². The molecule has 6 nitrogen and oxygen atoms in total. The van der Waals surface area contributed by atoms with Crippen molar-refractivity contribution in [3.8, 4) is 0 Å². The van der Waals surface area contributed by atoms with Gasteiger partial charge in [-0.25, -0.2) is 0 Å². The van der Waals surface area contributed by atoms with E-state index in [1.807, 2.05) is 6.08 Å². The Morgan fingerprint density at radius 3 is 0.861 bits per heavy atom. The Hall–Kier alpha value is -1.40. The summed E-state index contributed by atoms with van der Waals surface area (Å²) in [4.78, 5) is 24.6. The number of amides is 1. The van der Waals surface area contributed by atoms with Crippen molar-refractivity contribution in [1.29, 1.82) is 0 Å². The average Bonchev–Trinajstić information content (AvgIpc) is 3.45. The van der Waals surface area contributed by atoms with Crippen LogP contribution in [-0.2, 0) is 14.3 Å². The minimum Gasteiger partial charge on any atom is -0.466 e. The van der Waals surface area contributed by atoms with Gasteiger partial charge in [0, 0.05) is 12.8 Å². The van der Waals surface area contributed by atoms with Crippen molar-refractivity contribution in [2.75, 3.05) is 13.2 Å². The average molecular weight is 1110 g/mol. The van der Waals surface area contributed by atoms with Gasteiger partial charge in [-0.1, -0.05) is 386 Å². The Kier molecular flexibility index (Phi) is 67.9. The van der Waals surface area contributed by atoms with E-state index in [2.05, 4.69) is 19.2 Å². The zero-order chi connectivity index (χ0) is 57.1. The van der Waals surface area contributed by atoms with E-state index in [1.54, 1.807) is 6.08 Å². The van der Waals surface area contributed by atoms with Gasteiger partial charge in [0.05, 0.1) is 25.4 Å². The van der Waals surface area contributed by atoms with E-state index in [4.69, 9.17) is 4.74 Å². The molecule has 0 aliphatic heterocycles. The molecule has 0 spiro atoms. The first-order valence-electron chi connectivity index (χ1n) is 36.5. The summed E-state index contributed by atoms with van der Waals surface area (Å²) in [6, 6.07) is -0.628. The number of carbonyl (C=O) groups is 2. The minimum atomic E-state index is -0.845. The topological polar surface area (TPSA) is 95.9 Å². The highest BCUT2D eigenvalue weighted by Crippen LogP contribution is 2.19. The van der Waals surface area contributed by atoms with Crippen molar-refractivity contribution in [2.45, 2.75) is 431 Å². The van der Waals surface area contributed by atoms with Gasteiger partial charge in [0.25, 0.3) is 0 Å². The number of carbonyl (C=O) groups excluding carboxylic acids is 2. The molecule has 0 aromatic heterocycles. The van der Waals surface area contributed by atoms with E-state index in [1.165, 1.54) is 353 Å². The van der Waals surface area contributed by atoms with Crippen LogP contribution in [0.25, 0.3) is 0 Å². The number of unbranched alkanes of at least 4 members (excludes halogenated alkanes) is 58. The molecule has 0 saturated heterocycles. The number of aliphatic hydroxyl groups excluding tert-OH is 2. The molecule has 0 rings (SSSR count). The molecule has 470 valence electrons. The van der Waals surface area contributed by atoms with Crippen molar-refractivity contribution in [2.24, 2.45) is 0 Å². The van der Waals surface area contributed by atoms with Gasteiger partial charge in [0.1, 0.15) is 0 Å². The smallest absolute Gasteiger partial charge is 0.305 e. The van der Waals surface area contributed by atoms with Crippen molar-refractivity contribution < 1.29 is 24.5 Å². The zero-order valence-electron chi connectivity index (χ0n) is 53.9. The maximum absolute atomic E-state index is 12.5. The third-order valence-corrected chi connectivity index (χ3v) is 17.3. The predicted octanol–water partition coefficient (Wildman–Crippen LogP) is 23.5. The van der Waals surface area contributed by atoms with Crippen molar-refractivity contribution in [1.82, 2.24) is 5.32 Å². The third kappa shape index (κ3) is 65.6. The van der Waals surface area contributed by atoms with Crippen molar-refractivity contribution in [3.05, 3.63) is 12.2 Å². The van der Waals surface area contributed by atoms with Gasteiger partial charge in [0.2, 0.25) is 5.91 Å². The minimum absolute atomic E-state index is 0.0186. The SMILES string of the molecule is CCCCCCCCCCCCCCCCCCCCCCC/C=C/C(O)C(CO)NC(=O)CCCCCCCCCCCCCCCCCCCCCCCCCOC(=O)CCCCCCCCCCCCCCCCCC. The second kappa shape index (κ2) is 69.1. The number of rotatable bonds is 69. The van der Waals surface area contributed by atoms with E-state index < -0.39 is 12.1 Å². The summed E-state index contributed by atoms with van der Waals surface area (Å²) >= 11 is 0. The third-order valence-electron chi connectivity index (χ3n) is 17.3. The molecule has 0 aliphatic rings. The maximum atomic E-state index is 12.5. The molecule has 0 heterocycles. The van der Waals surface area contributed by atoms with Crippen LogP contribution in [0.1, 0.15) is 418 Å². The molecule has 0 aromatic carbocycles. The summed E-state index contributed by atoms with van der Waals surface area (Å²) in [6.07, 6.45) is 85.8. The fraction of sp³-hybridized carbons (Fsp3) is 0.945. The summed E-state index contributed by atoms with van der Waals surface area (Å²) in [7, 11) is 0. The van der Waals surface area contributed by atoms with Gasteiger partial charge in [-0.05, 0) is 32.1 Å². The fourth-order valence-corrected chi connectivity index (χ4v) is 11.8. The molecule has 0 saturated carbocycles. The Morgan fingerprint density at radius 2 is 0.582 bits per heavy atom. The molecule has 0 fully saturated rings. The molecule has 0 aromatic rings. The first kappa shape index (κ1) is 77.6. The first-order valence-corrected chi connectivity index (χ1v) is 36.5. The van der Waals surface area contributed by atoms with Crippen molar-refractivity contribution in [3.63, 3.8) is 0 Å². The number of esters is 1. The molecule has 0 radical (unpaired) electrons. The lowest BCUT2D eigenvalue weighted by Gasteiger charge is -2.20. The number of ether oxygens (including phenoxy) is 1. The highest BCUT2D eigenvalue weighted by molar-refractivity contribution is 5.76. The molecule has 1 amide bonds. The standard InChI is InChI=1S/C73H143NO5/c1-3-5-7-9-11-13-15-17-19-21-22-23-25-28-31-34-37-41-45-49-53-57-61-65-71(76)70(69-75)74-72(77)66-62-58-54-50-46-42-38-35-32-29-26-24-27-30-33-36-40-44-48-52-56-60-64-68-79-73(78)67-63-59-55-51-47-43-39-20-18-16-14-12-10-8-6-4-2/h61,65,70-71,75-76H,3-60,62-64,66-69H2,1-2H3,(H,74,77)/b65-61+. The Bertz CT molecular complexity index is 1190. The number of hydrogen-bond donors (Lipinski definition) is 3. The molecule has 0 bridgehead atoms. The monoisotopic (exact) mass is 1110 g/mol. The maximum Gasteiger partial charge on any atom is 0.305 e. The van der Waals surface area contributed by atoms with Crippen LogP contribution in [-0.4, -0.2) is 47.4 Å². The lowest BCUT2D eigenvalue weighted by atomic mass is 10.0. The van der Waals surface area contributed by atoms with Crippen LogP contribution in [0.3, 0.4) is 0 Å². The van der Waals surface area contributed by atoms with Crippen LogP contribution in [0.2, 0.25) is 0 Å². The lowest BCUT2D eigenvalue weighted by Crippen LogP contribution is -2.45. The fourth-order valence-electron chi connectivity index (χ4n) is 11.8. The largest absolute Gasteiger partial charge is 0.466 e. The number of hydrogen-bond acceptors (Lipinski definition) is 5. The van der Waals surface area contributed by atoms with E-state index in [9.17, 15) is 19.8 Å². The van der Waals surface area contributed by atoms with Crippen LogP contribution < -0.4 is 5.32 Å². The number of nitrogens with one attached hydrogen (secondary N) is 1. The van der Waals surface area contributed by atoms with Crippen LogP contribution in [0, 0.1) is 0 Å². The molecular formula is C73H143NO5. The molecule has 3 N–H and O–H groups in total. The lowest BCUT2D eigenvalue weighted by molar-refractivity contribution is -0.143. The van der Waals surface area contributed by atoms with E-state index in [-0.39, 0.29) is 18.5 Å². The van der Waals surface area contributed by atoms with E-state index in [0.29, 0.717) is 19.4 Å². The van der Waals surface area contributed by atoms with E-state index in [0.717, 1.165) is 38.5 Å². The highest BCUT2D eigenvalue weighted by Gasteiger charge is 2.18. The Morgan fingerprint density at radius 1 is 0.342 bits per heavy atom. The molecule has 2 unspecified atom stereocenters. The normalized spacial score (nSPS) is 12.5. The Labute approximate surface area is 495 Å². The summed E-state index contributed by atoms with van der Waals surface area (Å²) in [5, 5.41) is 23.3. The summed E-state index contributed by atoms with van der Waals surface area (Å²) in [5.41, 5.74) is 0. The quantitative estimate of drug-likeness (QED) is 0.0320. The van der Waals surface area contributed by atoms with Gasteiger partial charge < -0.3 is 20.3 Å². The summed E-state index contributed by atoms with van der Waals surface area (Å²) in [5.74, 6) is -0.0436. The highest BCUT2D eigenvalue weighted by atomic mass is 16.5. The molecule has 0 aliphatic carbocycles. The van der Waals surface area contributed by atoms with E-state index >= 15 is 0 Å². The van der Waals surface area contributed by atoms with Crippen molar-refractivity contribution >= 4 is 11.9 Å². The second-order valence-corrected chi connectivity index (χ2v) is 25.3. The van der Waals surface area contributed by atoms with Gasteiger partial charge in [-0.15, -0.1) is 0 Å². The first-order chi connectivity index (χ1) is 39.0. The Balaban J connectivity index is 3.38. The van der Waals surface area contributed by atoms with Crippen LogP contribution in [0.4, 0.5) is 0 Å². The molecular weight excluding hydrogens is 971 g/mol.